The molecule has 0 saturated heterocycles. The first-order valence-electron chi connectivity index (χ1n) is 8.23. The second-order valence-corrected chi connectivity index (χ2v) is 6.01. The second kappa shape index (κ2) is 6.40. The molecule has 25 heavy (non-hydrogen) atoms. The maximum absolute atomic E-state index is 5.33. The van der Waals surface area contributed by atoms with Crippen LogP contribution >= 0.6 is 0 Å². The molecule has 4 aromatic rings. The number of rotatable bonds is 5. The average molecular weight is 332 g/mol. The first kappa shape index (κ1) is 15.4. The number of anilines is 1. The fraction of sp³-hybridized carbons (Fsp3) is 0.143. The van der Waals surface area contributed by atoms with Gasteiger partial charge in [0, 0.05) is 40.1 Å². The zero-order valence-electron chi connectivity index (χ0n) is 14.3. The van der Waals surface area contributed by atoms with E-state index in [0.29, 0.717) is 6.54 Å². The molecule has 0 bridgehead atoms. The predicted octanol–water partition coefficient (Wildman–Crippen LogP) is 4.95. The summed E-state index contributed by atoms with van der Waals surface area (Å²) in [6.07, 6.45) is 0. The number of benzene rings is 3. The number of hydrogen-bond donors (Lipinski definition) is 2. The third-order valence-corrected chi connectivity index (χ3v) is 4.41. The minimum absolute atomic E-state index is 0.696. The van der Waals surface area contributed by atoms with Crippen LogP contribution in [0.2, 0.25) is 0 Å². The maximum Gasteiger partial charge on any atom is 0.122 e. The minimum Gasteiger partial charge on any atom is -0.497 e. The van der Waals surface area contributed by atoms with Crippen LogP contribution in [0.1, 0.15) is 5.56 Å². The van der Waals surface area contributed by atoms with Gasteiger partial charge in [0.2, 0.25) is 0 Å². The molecule has 0 atom stereocenters. The van der Waals surface area contributed by atoms with Crippen LogP contribution in [0.4, 0.5) is 5.69 Å². The average Bonchev–Trinajstić information content (AvgIpc) is 3.04. The number of fused-ring (bicyclic) bond motifs is 3. The van der Waals surface area contributed by atoms with E-state index in [0.717, 1.165) is 33.8 Å². The third-order valence-electron chi connectivity index (χ3n) is 4.41. The summed E-state index contributed by atoms with van der Waals surface area (Å²) < 4.78 is 10.7. The Morgan fingerprint density at radius 1 is 0.800 bits per heavy atom. The van der Waals surface area contributed by atoms with E-state index in [9.17, 15) is 0 Å². The molecule has 1 aromatic heterocycles. The molecule has 4 rings (SSSR count). The van der Waals surface area contributed by atoms with Crippen LogP contribution in [0.3, 0.4) is 0 Å². The summed E-state index contributed by atoms with van der Waals surface area (Å²) in [4.78, 5) is 3.45. The Balaban J connectivity index is 1.61. The smallest absolute Gasteiger partial charge is 0.122 e. The van der Waals surface area contributed by atoms with Crippen LogP contribution < -0.4 is 14.8 Å². The largest absolute Gasteiger partial charge is 0.497 e. The van der Waals surface area contributed by atoms with Crippen LogP contribution in [0.25, 0.3) is 21.8 Å². The molecule has 4 heteroatoms. The highest BCUT2D eigenvalue weighted by Crippen LogP contribution is 2.28. The molecule has 3 aromatic carbocycles. The monoisotopic (exact) mass is 332 g/mol. The van der Waals surface area contributed by atoms with E-state index < -0.39 is 0 Å². The lowest BCUT2D eigenvalue weighted by Gasteiger charge is -2.10. The van der Waals surface area contributed by atoms with Crippen molar-refractivity contribution in [1.29, 1.82) is 0 Å². The van der Waals surface area contributed by atoms with Crippen LogP contribution in [0.5, 0.6) is 11.5 Å². The topological polar surface area (TPSA) is 46.3 Å². The Morgan fingerprint density at radius 2 is 1.52 bits per heavy atom. The first-order valence-corrected chi connectivity index (χ1v) is 8.23. The lowest BCUT2D eigenvalue weighted by Crippen LogP contribution is -2.00. The van der Waals surface area contributed by atoms with Crippen LogP contribution in [-0.2, 0) is 6.54 Å². The summed E-state index contributed by atoms with van der Waals surface area (Å²) in [5.41, 5.74) is 4.50. The molecule has 0 aliphatic rings. The van der Waals surface area contributed by atoms with Gasteiger partial charge in [0.25, 0.3) is 0 Å². The quantitative estimate of drug-likeness (QED) is 0.543. The fourth-order valence-corrected chi connectivity index (χ4v) is 3.13. The number of hydrogen-bond acceptors (Lipinski definition) is 3. The Labute approximate surface area is 146 Å². The van der Waals surface area contributed by atoms with E-state index in [1.54, 1.807) is 14.2 Å². The van der Waals surface area contributed by atoms with E-state index in [4.69, 9.17) is 9.47 Å². The van der Waals surface area contributed by atoms with Crippen molar-refractivity contribution in [2.75, 3.05) is 19.5 Å². The summed E-state index contributed by atoms with van der Waals surface area (Å²) in [5.74, 6) is 1.59. The van der Waals surface area contributed by atoms with Crippen molar-refractivity contribution in [1.82, 2.24) is 4.98 Å². The van der Waals surface area contributed by atoms with E-state index in [1.165, 1.54) is 10.8 Å². The molecule has 2 N–H and O–H groups in total. The van der Waals surface area contributed by atoms with Crippen LogP contribution in [-0.4, -0.2) is 19.2 Å². The number of nitrogens with one attached hydrogen (secondary N) is 2. The van der Waals surface area contributed by atoms with Crippen molar-refractivity contribution >= 4 is 27.5 Å². The molecule has 0 spiro atoms. The zero-order valence-corrected chi connectivity index (χ0v) is 14.3. The maximum atomic E-state index is 5.33. The van der Waals surface area contributed by atoms with Gasteiger partial charge in [0.1, 0.15) is 11.5 Å². The number of para-hydroxylation sites is 1. The second-order valence-electron chi connectivity index (χ2n) is 6.01. The molecular weight excluding hydrogens is 312 g/mol. The third kappa shape index (κ3) is 2.98. The first-order chi connectivity index (χ1) is 12.3. The lowest BCUT2D eigenvalue weighted by atomic mass is 10.1. The van der Waals surface area contributed by atoms with Gasteiger partial charge in [-0.05, 0) is 42.0 Å². The Bertz CT molecular complexity index is 1010. The van der Waals surface area contributed by atoms with Gasteiger partial charge < -0.3 is 19.8 Å². The van der Waals surface area contributed by atoms with E-state index in [2.05, 4.69) is 46.7 Å². The van der Waals surface area contributed by atoms with Crippen molar-refractivity contribution < 1.29 is 9.47 Å². The predicted molar refractivity (Wildman–Crippen MR) is 103 cm³/mol. The Morgan fingerprint density at radius 3 is 2.28 bits per heavy atom. The van der Waals surface area contributed by atoms with Crippen molar-refractivity contribution in [3.63, 3.8) is 0 Å². The molecule has 0 amide bonds. The molecule has 1 heterocycles. The van der Waals surface area contributed by atoms with Crippen LogP contribution in [0.15, 0.2) is 60.7 Å². The molecular formula is C21H20N2O2. The van der Waals surface area contributed by atoms with Gasteiger partial charge in [-0.2, -0.15) is 0 Å². The highest BCUT2D eigenvalue weighted by molar-refractivity contribution is 6.08. The highest BCUT2D eigenvalue weighted by Gasteiger charge is 2.06. The van der Waals surface area contributed by atoms with Gasteiger partial charge in [-0.25, -0.2) is 0 Å². The minimum atomic E-state index is 0.696. The fourth-order valence-electron chi connectivity index (χ4n) is 3.13. The van der Waals surface area contributed by atoms with Gasteiger partial charge in [-0.3, -0.25) is 0 Å². The molecule has 126 valence electrons. The van der Waals surface area contributed by atoms with E-state index in [1.807, 2.05) is 24.3 Å². The Hall–Kier alpha value is -3.14. The summed E-state index contributed by atoms with van der Waals surface area (Å²) in [5, 5.41) is 5.95. The van der Waals surface area contributed by atoms with Gasteiger partial charge in [0.15, 0.2) is 0 Å². The number of ether oxygens (including phenoxy) is 2. The number of methoxy groups -OCH3 is 2. The normalized spacial score (nSPS) is 11.0. The van der Waals surface area contributed by atoms with Gasteiger partial charge in [-0.15, -0.1) is 0 Å². The van der Waals surface area contributed by atoms with Crippen molar-refractivity contribution in [3.8, 4) is 11.5 Å². The molecule has 0 aliphatic heterocycles. The SMILES string of the molecule is COc1cc(CNc2ccc3[nH]c4ccccc4c3c2)cc(OC)c1. The van der Waals surface area contributed by atoms with Crippen LogP contribution in [0, 0.1) is 0 Å². The molecule has 0 saturated carbocycles. The standard InChI is InChI=1S/C21H20N2O2/c1-24-16-9-14(10-17(12-16)25-2)13-22-15-7-8-21-19(11-15)18-5-3-4-6-20(18)23-21/h3-12,22-23H,13H2,1-2H3. The van der Waals surface area contributed by atoms with Gasteiger partial charge >= 0.3 is 0 Å². The molecule has 0 unspecified atom stereocenters. The highest BCUT2D eigenvalue weighted by atomic mass is 16.5. The van der Waals surface area contributed by atoms with E-state index >= 15 is 0 Å². The number of aromatic amines is 1. The Kier molecular flexibility index (Phi) is 3.94. The van der Waals surface area contributed by atoms with Crippen molar-refractivity contribution in [2.45, 2.75) is 6.54 Å². The molecule has 0 fully saturated rings. The van der Waals surface area contributed by atoms with Gasteiger partial charge in [0.05, 0.1) is 14.2 Å². The molecule has 0 radical (unpaired) electrons. The summed E-state index contributed by atoms with van der Waals surface area (Å²) in [6, 6.07) is 20.7. The van der Waals surface area contributed by atoms with Gasteiger partial charge in [-0.1, -0.05) is 18.2 Å². The number of aromatic nitrogens is 1. The zero-order chi connectivity index (χ0) is 17.2. The van der Waals surface area contributed by atoms with E-state index in [-0.39, 0.29) is 0 Å². The van der Waals surface area contributed by atoms with Crippen molar-refractivity contribution in [2.24, 2.45) is 0 Å². The summed E-state index contributed by atoms with van der Waals surface area (Å²) in [7, 11) is 3.33. The molecule has 0 aliphatic carbocycles. The summed E-state index contributed by atoms with van der Waals surface area (Å²) in [6.45, 7) is 0.696. The lowest BCUT2D eigenvalue weighted by molar-refractivity contribution is 0.393. The molecule has 4 nitrogen and oxygen atoms in total. The number of H-pyrrole nitrogens is 1. The van der Waals surface area contributed by atoms with Crippen molar-refractivity contribution in [3.05, 3.63) is 66.2 Å². The summed E-state index contributed by atoms with van der Waals surface area (Å²) >= 11 is 0.